The number of rotatable bonds is 5. The molecular weight excluding hydrogens is 302 g/mol. The summed E-state index contributed by atoms with van der Waals surface area (Å²) in [6.07, 6.45) is 0.292. The van der Waals surface area contributed by atoms with Gasteiger partial charge in [0.1, 0.15) is 0 Å². The van der Waals surface area contributed by atoms with Crippen molar-refractivity contribution in [1.82, 2.24) is 9.88 Å². The van der Waals surface area contributed by atoms with Crippen LogP contribution in [0.5, 0.6) is 0 Å². The number of aromatic nitrogens is 1. The van der Waals surface area contributed by atoms with E-state index in [1.165, 1.54) is 22.7 Å². The number of nitrogens with two attached hydrogens (primary N) is 1. The number of thiazole rings is 1. The van der Waals surface area contributed by atoms with E-state index in [1.54, 1.807) is 4.90 Å². The zero-order chi connectivity index (χ0) is 13.8. The highest BCUT2D eigenvalue weighted by atomic mass is 35.5. The van der Waals surface area contributed by atoms with Crippen LogP contribution in [0.15, 0.2) is 17.5 Å². The van der Waals surface area contributed by atoms with Gasteiger partial charge in [0.15, 0.2) is 5.13 Å². The monoisotopic (exact) mass is 315 g/mol. The van der Waals surface area contributed by atoms with Crippen LogP contribution >= 0.6 is 34.3 Å². The molecule has 0 saturated carbocycles. The second-order valence-electron chi connectivity index (χ2n) is 3.97. The predicted octanol–water partition coefficient (Wildman–Crippen LogP) is 3.03. The zero-order valence-electron chi connectivity index (χ0n) is 10.4. The van der Waals surface area contributed by atoms with Gasteiger partial charge in [-0.25, -0.2) is 4.98 Å². The minimum atomic E-state index is 0.0531. The second kappa shape index (κ2) is 6.36. The third-order valence-corrected chi connectivity index (χ3v) is 4.55. The minimum Gasteiger partial charge on any atom is -0.375 e. The standard InChI is InChI=1S/C12H14ClN3OS2/c1-2-16(6-9-3-4-10(13)19-9)11(17)5-8-7-18-12(14)15-8/h3-4,7H,2,5-6H2,1H3,(H2,14,15). The van der Waals surface area contributed by atoms with Crippen LogP contribution in [0.1, 0.15) is 17.5 Å². The fraction of sp³-hybridized carbons (Fsp3) is 0.333. The molecule has 0 fully saturated rings. The van der Waals surface area contributed by atoms with Crippen LogP contribution in [0, 0.1) is 0 Å². The van der Waals surface area contributed by atoms with Crippen molar-refractivity contribution in [3.8, 4) is 0 Å². The van der Waals surface area contributed by atoms with Gasteiger partial charge in [-0.2, -0.15) is 0 Å². The van der Waals surface area contributed by atoms with Gasteiger partial charge in [0, 0.05) is 16.8 Å². The van der Waals surface area contributed by atoms with Crippen molar-refractivity contribution >= 4 is 45.3 Å². The summed E-state index contributed by atoms with van der Waals surface area (Å²) in [5, 5.41) is 2.32. The number of halogens is 1. The van der Waals surface area contributed by atoms with Crippen molar-refractivity contribution in [1.29, 1.82) is 0 Å². The van der Waals surface area contributed by atoms with Gasteiger partial charge in [0.05, 0.1) is 23.0 Å². The van der Waals surface area contributed by atoms with Crippen LogP contribution in [-0.2, 0) is 17.8 Å². The molecule has 1 amide bonds. The van der Waals surface area contributed by atoms with Gasteiger partial charge in [0.2, 0.25) is 5.91 Å². The average Bonchev–Trinajstić information content (AvgIpc) is 2.95. The van der Waals surface area contributed by atoms with E-state index in [1.807, 2.05) is 24.4 Å². The lowest BCUT2D eigenvalue weighted by atomic mass is 10.3. The number of likely N-dealkylation sites (N-methyl/N-ethyl adjacent to an activating group) is 1. The predicted molar refractivity (Wildman–Crippen MR) is 80.7 cm³/mol. The quantitative estimate of drug-likeness (QED) is 0.922. The molecule has 2 aromatic rings. The maximum absolute atomic E-state index is 12.2. The molecular formula is C12H14ClN3OS2. The number of nitrogen functional groups attached to an aromatic ring is 1. The number of nitrogens with zero attached hydrogens (tertiary/aromatic N) is 2. The first-order chi connectivity index (χ1) is 9.08. The molecule has 0 saturated heterocycles. The highest BCUT2D eigenvalue weighted by Crippen LogP contribution is 2.23. The van der Waals surface area contributed by atoms with E-state index < -0.39 is 0 Å². The first kappa shape index (κ1) is 14.3. The molecule has 102 valence electrons. The highest BCUT2D eigenvalue weighted by Gasteiger charge is 2.15. The van der Waals surface area contributed by atoms with Gasteiger partial charge in [-0.05, 0) is 19.1 Å². The molecule has 0 aliphatic rings. The Morgan fingerprint density at radius 2 is 2.32 bits per heavy atom. The lowest BCUT2D eigenvalue weighted by molar-refractivity contribution is -0.130. The molecule has 2 aromatic heterocycles. The number of carbonyl (C=O) groups is 1. The summed E-state index contributed by atoms with van der Waals surface area (Å²) >= 11 is 8.74. The first-order valence-corrected chi connectivity index (χ1v) is 7.87. The zero-order valence-corrected chi connectivity index (χ0v) is 12.8. The minimum absolute atomic E-state index is 0.0531. The molecule has 2 heterocycles. The fourth-order valence-corrected chi connectivity index (χ4v) is 3.34. The van der Waals surface area contributed by atoms with Gasteiger partial charge in [-0.3, -0.25) is 4.79 Å². The summed E-state index contributed by atoms with van der Waals surface area (Å²) in [5.41, 5.74) is 6.29. The molecule has 7 heteroatoms. The normalized spacial score (nSPS) is 10.6. The Morgan fingerprint density at radius 3 is 2.84 bits per heavy atom. The molecule has 0 aliphatic heterocycles. The maximum atomic E-state index is 12.2. The van der Waals surface area contributed by atoms with Crippen molar-refractivity contribution in [2.24, 2.45) is 0 Å². The summed E-state index contributed by atoms with van der Waals surface area (Å²) < 4.78 is 0.741. The van der Waals surface area contributed by atoms with Crippen molar-refractivity contribution in [2.75, 3.05) is 12.3 Å². The number of hydrogen-bond donors (Lipinski definition) is 1. The number of amides is 1. The Bertz CT molecular complexity index is 567. The van der Waals surface area contributed by atoms with Crippen molar-refractivity contribution in [2.45, 2.75) is 19.9 Å². The number of carbonyl (C=O) groups excluding carboxylic acids is 1. The molecule has 2 rings (SSSR count). The molecule has 0 unspecified atom stereocenters. The third-order valence-electron chi connectivity index (χ3n) is 2.61. The summed E-state index contributed by atoms with van der Waals surface area (Å²) in [6, 6.07) is 3.80. The van der Waals surface area contributed by atoms with Gasteiger partial charge in [0.25, 0.3) is 0 Å². The summed E-state index contributed by atoms with van der Waals surface area (Å²) in [4.78, 5) is 19.2. The van der Waals surface area contributed by atoms with E-state index in [0.29, 0.717) is 24.6 Å². The van der Waals surface area contributed by atoms with Gasteiger partial charge >= 0.3 is 0 Å². The third kappa shape index (κ3) is 3.92. The number of hydrogen-bond acceptors (Lipinski definition) is 5. The van der Waals surface area contributed by atoms with E-state index in [4.69, 9.17) is 17.3 Å². The Morgan fingerprint density at radius 1 is 1.53 bits per heavy atom. The highest BCUT2D eigenvalue weighted by molar-refractivity contribution is 7.16. The van der Waals surface area contributed by atoms with E-state index in [0.717, 1.165) is 14.9 Å². The van der Waals surface area contributed by atoms with Crippen LogP contribution in [0.2, 0.25) is 4.34 Å². The van der Waals surface area contributed by atoms with Crippen LogP contribution in [0.4, 0.5) is 5.13 Å². The van der Waals surface area contributed by atoms with Crippen LogP contribution in [0.25, 0.3) is 0 Å². The Hall–Kier alpha value is -1.11. The Labute approximate surface area is 124 Å². The molecule has 19 heavy (non-hydrogen) atoms. The molecule has 0 bridgehead atoms. The van der Waals surface area contributed by atoms with E-state index in [2.05, 4.69) is 4.98 Å². The SMILES string of the molecule is CCN(Cc1ccc(Cl)s1)C(=O)Cc1csc(N)n1. The van der Waals surface area contributed by atoms with Crippen LogP contribution in [-0.4, -0.2) is 22.3 Å². The topological polar surface area (TPSA) is 59.2 Å². The molecule has 4 nitrogen and oxygen atoms in total. The number of thiophene rings is 1. The van der Waals surface area contributed by atoms with Gasteiger partial charge < -0.3 is 10.6 Å². The van der Waals surface area contributed by atoms with Crippen LogP contribution in [0.3, 0.4) is 0 Å². The summed E-state index contributed by atoms with van der Waals surface area (Å²) in [7, 11) is 0. The second-order valence-corrected chi connectivity index (χ2v) is 6.66. The fourth-order valence-electron chi connectivity index (χ4n) is 1.67. The van der Waals surface area contributed by atoms with E-state index in [9.17, 15) is 4.79 Å². The summed E-state index contributed by atoms with van der Waals surface area (Å²) in [5.74, 6) is 0.0531. The van der Waals surface area contributed by atoms with E-state index in [-0.39, 0.29) is 5.91 Å². The molecule has 0 aliphatic carbocycles. The smallest absolute Gasteiger partial charge is 0.228 e. The lowest BCUT2D eigenvalue weighted by Crippen LogP contribution is -2.31. The van der Waals surface area contributed by atoms with Gasteiger partial charge in [-0.15, -0.1) is 22.7 Å². The molecule has 0 aromatic carbocycles. The van der Waals surface area contributed by atoms with Gasteiger partial charge in [-0.1, -0.05) is 11.6 Å². The van der Waals surface area contributed by atoms with Crippen molar-refractivity contribution < 1.29 is 4.79 Å². The van der Waals surface area contributed by atoms with Crippen LogP contribution < -0.4 is 5.73 Å². The molecule has 0 atom stereocenters. The van der Waals surface area contributed by atoms with Crippen molar-refractivity contribution in [3.05, 3.63) is 32.4 Å². The number of anilines is 1. The average molecular weight is 316 g/mol. The summed E-state index contributed by atoms with van der Waals surface area (Å²) in [6.45, 7) is 3.21. The molecule has 0 spiro atoms. The Kier molecular flexibility index (Phi) is 4.79. The van der Waals surface area contributed by atoms with Crippen molar-refractivity contribution in [3.63, 3.8) is 0 Å². The Balaban J connectivity index is 1.98. The maximum Gasteiger partial charge on any atom is 0.228 e. The molecule has 0 radical (unpaired) electrons. The first-order valence-electron chi connectivity index (χ1n) is 5.80. The molecule has 2 N–H and O–H groups in total. The lowest BCUT2D eigenvalue weighted by Gasteiger charge is -2.19. The largest absolute Gasteiger partial charge is 0.375 e. The van der Waals surface area contributed by atoms with E-state index >= 15 is 0 Å².